The third-order valence-corrected chi connectivity index (χ3v) is 8.23. The van der Waals surface area contributed by atoms with Gasteiger partial charge >= 0.3 is 0 Å². The van der Waals surface area contributed by atoms with E-state index in [-0.39, 0.29) is 29.1 Å². The lowest BCUT2D eigenvalue weighted by atomic mass is 9.84. The number of thioether (sulfide) groups is 1. The molecule has 2 atom stereocenters. The molecule has 186 valence electrons. The van der Waals surface area contributed by atoms with Crippen molar-refractivity contribution >= 4 is 29.4 Å². The molecular weight excluding hydrogens is 456 g/mol. The molecule has 5 nitrogen and oxygen atoms in total. The van der Waals surface area contributed by atoms with Crippen molar-refractivity contribution in [2.24, 2.45) is 5.92 Å². The average Bonchev–Trinajstić information content (AvgIpc) is 3.27. The Morgan fingerprint density at radius 1 is 1.06 bits per heavy atom. The first kappa shape index (κ1) is 25.5. The molecule has 2 amide bonds. The van der Waals surface area contributed by atoms with E-state index < -0.39 is 0 Å². The minimum Gasteiger partial charge on any atom is -0.350 e. The Morgan fingerprint density at radius 2 is 1.83 bits per heavy atom. The van der Waals surface area contributed by atoms with Gasteiger partial charge in [-0.05, 0) is 68.0 Å². The first-order chi connectivity index (χ1) is 17.0. The van der Waals surface area contributed by atoms with Crippen molar-refractivity contribution in [1.29, 1.82) is 0 Å². The van der Waals surface area contributed by atoms with Gasteiger partial charge in [0.1, 0.15) is 5.78 Å². The normalized spacial score (nSPS) is 22.1. The van der Waals surface area contributed by atoms with Gasteiger partial charge in [0.15, 0.2) is 0 Å². The molecule has 1 N–H and O–H groups in total. The van der Waals surface area contributed by atoms with Crippen LogP contribution in [0.3, 0.4) is 0 Å². The molecule has 35 heavy (non-hydrogen) atoms. The molecule has 2 fully saturated rings. The largest absolute Gasteiger partial charge is 0.350 e. The van der Waals surface area contributed by atoms with Gasteiger partial charge in [-0.1, -0.05) is 42.5 Å². The molecule has 0 radical (unpaired) electrons. The van der Waals surface area contributed by atoms with E-state index >= 15 is 0 Å². The summed E-state index contributed by atoms with van der Waals surface area (Å²) in [6.45, 7) is 1.25. The lowest BCUT2D eigenvalue weighted by Crippen LogP contribution is -2.46. The van der Waals surface area contributed by atoms with Crippen molar-refractivity contribution in [3.63, 3.8) is 0 Å². The average molecular weight is 493 g/mol. The summed E-state index contributed by atoms with van der Waals surface area (Å²) in [7, 11) is 0. The summed E-state index contributed by atoms with van der Waals surface area (Å²) in [6.07, 6.45) is 8.11. The fourth-order valence-electron chi connectivity index (χ4n) is 5.40. The zero-order valence-electron chi connectivity index (χ0n) is 20.6. The van der Waals surface area contributed by atoms with Crippen molar-refractivity contribution in [3.8, 4) is 0 Å². The second-order valence-corrected chi connectivity index (χ2v) is 10.9. The monoisotopic (exact) mass is 492 g/mol. The molecule has 2 saturated heterocycles. The maximum Gasteiger partial charge on any atom is 0.222 e. The van der Waals surface area contributed by atoms with Crippen LogP contribution in [0.1, 0.15) is 56.1 Å². The third-order valence-electron chi connectivity index (χ3n) is 7.49. The third kappa shape index (κ3) is 6.97. The zero-order chi connectivity index (χ0) is 24.7. The number of piperidine rings is 1. The molecule has 0 bridgehead atoms. The van der Waals surface area contributed by atoms with Gasteiger partial charge in [0.05, 0.1) is 0 Å². The second-order valence-electron chi connectivity index (χ2n) is 9.98. The van der Waals surface area contributed by atoms with Crippen molar-refractivity contribution < 1.29 is 14.4 Å². The number of hydrogen-bond acceptors (Lipinski definition) is 4. The van der Waals surface area contributed by atoms with Crippen LogP contribution in [0.2, 0.25) is 0 Å². The van der Waals surface area contributed by atoms with Gasteiger partial charge in [-0.2, -0.15) is 0 Å². The number of nitrogens with one attached hydrogen (secondary N) is 1. The molecule has 0 spiro atoms. The highest BCUT2D eigenvalue weighted by atomic mass is 32.2. The molecular formula is C29H36N2O3S. The maximum atomic E-state index is 13.2. The van der Waals surface area contributed by atoms with E-state index in [9.17, 15) is 14.4 Å². The lowest BCUT2D eigenvalue weighted by Gasteiger charge is -2.34. The van der Waals surface area contributed by atoms with E-state index in [1.807, 2.05) is 23.1 Å². The van der Waals surface area contributed by atoms with Crippen LogP contribution in [0.5, 0.6) is 0 Å². The summed E-state index contributed by atoms with van der Waals surface area (Å²) in [4.78, 5) is 41.2. The molecule has 0 unspecified atom stereocenters. The number of carbonyl (C=O) groups is 3. The Labute approximate surface area is 213 Å². The predicted molar refractivity (Wildman–Crippen MR) is 140 cm³/mol. The van der Waals surface area contributed by atoms with Gasteiger partial charge in [0.2, 0.25) is 11.8 Å². The number of carbonyl (C=O) groups excluding carboxylic acids is 3. The smallest absolute Gasteiger partial charge is 0.222 e. The SMILES string of the molecule is CSc1ccc(C[C@]2(CCC(=O)N3CCC[C@@H](C(=O)CCc4ccccc4)C3)CCC(=O)N2)cc1. The number of nitrogens with zero attached hydrogens (tertiary/aromatic N) is 1. The fourth-order valence-corrected chi connectivity index (χ4v) is 5.81. The molecule has 0 saturated carbocycles. The summed E-state index contributed by atoms with van der Waals surface area (Å²) in [5.74, 6) is 0.370. The van der Waals surface area contributed by atoms with Gasteiger partial charge in [-0.25, -0.2) is 0 Å². The highest BCUT2D eigenvalue weighted by Gasteiger charge is 2.38. The number of hydrogen-bond donors (Lipinski definition) is 1. The fraction of sp³-hybridized carbons (Fsp3) is 0.483. The van der Waals surface area contributed by atoms with Crippen LogP contribution in [0.4, 0.5) is 0 Å². The summed E-state index contributed by atoms with van der Waals surface area (Å²) in [5, 5.41) is 3.19. The Balaban J connectivity index is 1.31. The maximum absolute atomic E-state index is 13.2. The van der Waals surface area contributed by atoms with Crippen LogP contribution in [-0.2, 0) is 27.2 Å². The molecule has 0 aliphatic carbocycles. The van der Waals surface area contributed by atoms with E-state index in [0.717, 1.165) is 38.6 Å². The van der Waals surface area contributed by atoms with Crippen LogP contribution in [0.15, 0.2) is 59.5 Å². The van der Waals surface area contributed by atoms with Gasteiger partial charge < -0.3 is 10.2 Å². The summed E-state index contributed by atoms with van der Waals surface area (Å²) < 4.78 is 0. The standard InChI is InChI=1S/C29H36N2O3S/c1-35-25-12-9-23(10-13-25)20-29(17-15-27(33)30-29)18-16-28(34)31-19-5-8-24(21-31)26(32)14-11-22-6-3-2-4-7-22/h2-4,6-7,9-10,12-13,24H,5,8,11,14-21H2,1H3,(H,30,33)/t24-,29-/m1/s1. The van der Waals surface area contributed by atoms with Gasteiger partial charge in [0.25, 0.3) is 0 Å². The van der Waals surface area contributed by atoms with Crippen LogP contribution in [0, 0.1) is 5.92 Å². The summed E-state index contributed by atoms with van der Waals surface area (Å²) in [6, 6.07) is 18.6. The molecule has 2 heterocycles. The Morgan fingerprint density at radius 3 is 2.51 bits per heavy atom. The summed E-state index contributed by atoms with van der Waals surface area (Å²) >= 11 is 1.71. The van der Waals surface area contributed by atoms with Crippen LogP contribution in [0.25, 0.3) is 0 Å². The number of amides is 2. The van der Waals surface area contributed by atoms with Gasteiger partial charge in [0, 0.05) is 48.7 Å². The predicted octanol–water partition coefficient (Wildman–Crippen LogP) is 4.82. The highest BCUT2D eigenvalue weighted by Crippen LogP contribution is 2.31. The van der Waals surface area contributed by atoms with Crippen LogP contribution in [-0.4, -0.2) is 47.4 Å². The van der Waals surface area contributed by atoms with E-state index in [1.165, 1.54) is 16.0 Å². The quantitative estimate of drug-likeness (QED) is 0.483. The molecule has 6 heteroatoms. The number of ketones is 1. The number of Topliss-reactive ketones (excluding diaryl/α,β-unsaturated/α-hetero) is 1. The Bertz CT molecular complexity index is 1020. The number of aryl methyl sites for hydroxylation is 1. The first-order valence-electron chi connectivity index (χ1n) is 12.7. The van der Waals surface area contributed by atoms with E-state index in [0.29, 0.717) is 32.2 Å². The molecule has 2 aliphatic rings. The summed E-state index contributed by atoms with van der Waals surface area (Å²) in [5.41, 5.74) is 1.99. The molecule has 2 aromatic rings. The van der Waals surface area contributed by atoms with E-state index in [4.69, 9.17) is 0 Å². The minimum absolute atomic E-state index is 0.0634. The minimum atomic E-state index is -0.367. The van der Waals surface area contributed by atoms with Crippen LogP contribution >= 0.6 is 11.8 Å². The van der Waals surface area contributed by atoms with E-state index in [2.05, 4.69) is 48.0 Å². The molecule has 0 aromatic heterocycles. The van der Waals surface area contributed by atoms with Crippen molar-refractivity contribution in [2.45, 2.75) is 68.2 Å². The van der Waals surface area contributed by atoms with Crippen molar-refractivity contribution in [3.05, 3.63) is 65.7 Å². The number of likely N-dealkylation sites (tertiary alicyclic amines) is 1. The molecule has 2 aromatic carbocycles. The first-order valence-corrected chi connectivity index (χ1v) is 14.0. The molecule has 2 aliphatic heterocycles. The molecule has 4 rings (SSSR count). The van der Waals surface area contributed by atoms with Crippen molar-refractivity contribution in [2.75, 3.05) is 19.3 Å². The lowest BCUT2D eigenvalue weighted by molar-refractivity contribution is -0.135. The van der Waals surface area contributed by atoms with Gasteiger partial charge in [-0.15, -0.1) is 11.8 Å². The van der Waals surface area contributed by atoms with Crippen LogP contribution < -0.4 is 5.32 Å². The van der Waals surface area contributed by atoms with Crippen molar-refractivity contribution in [1.82, 2.24) is 10.2 Å². The van der Waals surface area contributed by atoms with Gasteiger partial charge in [-0.3, -0.25) is 14.4 Å². The highest BCUT2D eigenvalue weighted by molar-refractivity contribution is 7.98. The van der Waals surface area contributed by atoms with E-state index in [1.54, 1.807) is 11.8 Å². The second kappa shape index (κ2) is 11.9. The Kier molecular flexibility index (Phi) is 8.66. The number of benzene rings is 2. The topological polar surface area (TPSA) is 66.5 Å². The number of rotatable bonds is 10. The zero-order valence-corrected chi connectivity index (χ0v) is 21.4. The Hall–Kier alpha value is -2.60.